The normalized spacial score (nSPS) is 14.5. The maximum atomic E-state index is 5.57. The van der Waals surface area contributed by atoms with E-state index in [0.29, 0.717) is 0 Å². The third-order valence-corrected chi connectivity index (χ3v) is 29.6. The van der Waals surface area contributed by atoms with E-state index < -0.39 is 21.7 Å². The van der Waals surface area contributed by atoms with Crippen molar-refractivity contribution in [2.24, 2.45) is 0 Å². The molecular weight excluding hydrogens is 1510 g/mol. The van der Waals surface area contributed by atoms with Gasteiger partial charge in [0, 0.05) is 21.7 Å². The summed E-state index contributed by atoms with van der Waals surface area (Å²) in [6.07, 6.45) is 0. The first kappa shape index (κ1) is 68.8. The minimum absolute atomic E-state index is 0.491. The molecule has 22 aromatic rings. The van der Waals surface area contributed by atoms with Crippen LogP contribution in [0.3, 0.4) is 0 Å². The van der Waals surface area contributed by atoms with E-state index in [9.17, 15) is 0 Å². The molecule has 0 bridgehead atoms. The van der Waals surface area contributed by atoms with Crippen LogP contribution in [0.4, 0.5) is 0 Å². The SMILES string of the molecule is c1ccc(-c2ccc3c(-c4ccc(-c5ccc6c(c5)C5(c7ccccc7-6)c6ccccc6C6(c7ccccc7-c7cc(-c8ccc9c%10ccc(-c%11cccc(-c%12ccc%13c(c%12)-c%12ccccc%12C%13%12c%13ccccc%13C%13(c%14ccccc%14-c%14ccccc%14%13)c%13ccccc%13%12)c%11)cc%10c%10nc%11ccccc%11n%10c9c8)ccc76)c6ccccc65)cc4)cccc3n2)cc1. The highest BCUT2D eigenvalue weighted by molar-refractivity contribution is 6.16. The number of para-hydroxylation sites is 2. The smallest absolute Gasteiger partial charge is 0.146 e. The summed E-state index contributed by atoms with van der Waals surface area (Å²) >= 11 is 0. The van der Waals surface area contributed by atoms with Gasteiger partial charge in [-0.25, -0.2) is 9.97 Å². The van der Waals surface area contributed by atoms with Crippen molar-refractivity contribution < 1.29 is 0 Å². The molecular formula is C122H73N3. The number of nitrogens with zero attached hydrogens (tertiary/aromatic N) is 3. The van der Waals surface area contributed by atoms with Gasteiger partial charge in [-0.15, -0.1) is 0 Å². The van der Waals surface area contributed by atoms with Gasteiger partial charge < -0.3 is 0 Å². The van der Waals surface area contributed by atoms with Gasteiger partial charge in [-0.05, 0) is 255 Å². The van der Waals surface area contributed by atoms with Gasteiger partial charge in [-0.3, -0.25) is 4.40 Å². The Balaban J connectivity index is 0.543. The number of hydrogen-bond donors (Lipinski definition) is 0. The van der Waals surface area contributed by atoms with Crippen LogP contribution in [-0.4, -0.2) is 14.4 Å². The molecule has 3 nitrogen and oxygen atoms in total. The zero-order valence-corrected chi connectivity index (χ0v) is 68.0. The van der Waals surface area contributed by atoms with Gasteiger partial charge in [0.25, 0.3) is 0 Å². The summed E-state index contributed by atoms with van der Waals surface area (Å²) in [5.41, 5.74) is 48.0. The van der Waals surface area contributed by atoms with Crippen LogP contribution in [0.25, 0.3) is 161 Å². The number of fused-ring (bicyclic) bond motifs is 41. The Morgan fingerprint density at radius 1 is 0.152 bits per heavy atom. The molecule has 125 heavy (non-hydrogen) atoms. The van der Waals surface area contributed by atoms with Crippen molar-refractivity contribution in [3.63, 3.8) is 0 Å². The van der Waals surface area contributed by atoms with Gasteiger partial charge in [0.15, 0.2) is 0 Å². The van der Waals surface area contributed by atoms with Crippen LogP contribution < -0.4 is 0 Å². The van der Waals surface area contributed by atoms with Crippen molar-refractivity contribution in [3.8, 4) is 111 Å². The van der Waals surface area contributed by atoms with Gasteiger partial charge in [0.05, 0.1) is 49.4 Å². The largest absolute Gasteiger partial charge is 0.292 e. The van der Waals surface area contributed by atoms with E-state index in [1.807, 2.05) is 0 Å². The van der Waals surface area contributed by atoms with E-state index in [0.717, 1.165) is 77.6 Å². The van der Waals surface area contributed by atoms with Gasteiger partial charge in [0.2, 0.25) is 0 Å². The summed E-state index contributed by atoms with van der Waals surface area (Å²) in [5.74, 6) is 0. The fourth-order valence-electron chi connectivity index (χ4n) is 24.7. The molecule has 0 aliphatic heterocycles. The fraction of sp³-hybridized carbons (Fsp3) is 0.0328. The summed E-state index contributed by atoms with van der Waals surface area (Å²) in [5, 5.41) is 4.60. The summed E-state index contributed by atoms with van der Waals surface area (Å²) in [7, 11) is 0. The zero-order valence-electron chi connectivity index (χ0n) is 68.0. The molecule has 0 fully saturated rings. The Bertz CT molecular complexity index is 8360. The average Bonchev–Trinajstić information content (AvgIpc) is 1.51. The predicted octanol–water partition coefficient (Wildman–Crippen LogP) is 29.4. The first-order valence-electron chi connectivity index (χ1n) is 43.7. The van der Waals surface area contributed by atoms with Crippen molar-refractivity contribution >= 4 is 49.3 Å². The second-order valence-electron chi connectivity index (χ2n) is 35.0. The van der Waals surface area contributed by atoms with Crippen molar-refractivity contribution in [1.29, 1.82) is 0 Å². The number of benzene rings is 19. The lowest BCUT2D eigenvalue weighted by Crippen LogP contribution is -2.43. The first-order valence-corrected chi connectivity index (χ1v) is 43.7. The number of pyridine rings is 2. The Kier molecular flexibility index (Phi) is 13.9. The molecule has 0 atom stereocenters. The summed E-state index contributed by atoms with van der Waals surface area (Å²) in [6, 6.07) is 168. The maximum absolute atomic E-state index is 5.57. The highest BCUT2D eigenvalue weighted by Gasteiger charge is 2.61. The predicted molar refractivity (Wildman–Crippen MR) is 512 cm³/mol. The van der Waals surface area contributed by atoms with Crippen LogP contribution in [0.5, 0.6) is 0 Å². The zero-order chi connectivity index (χ0) is 81.6. The lowest BCUT2D eigenvalue weighted by molar-refractivity contribution is 0.633. The Morgan fingerprint density at radius 3 is 1.01 bits per heavy atom. The van der Waals surface area contributed by atoms with Crippen LogP contribution in [0, 0.1) is 0 Å². The highest BCUT2D eigenvalue weighted by atomic mass is 15.0. The summed E-state index contributed by atoms with van der Waals surface area (Å²) < 4.78 is 2.42. The van der Waals surface area contributed by atoms with Crippen molar-refractivity contribution in [2.75, 3.05) is 0 Å². The topological polar surface area (TPSA) is 30.2 Å². The third kappa shape index (κ3) is 8.88. The van der Waals surface area contributed by atoms with E-state index in [1.165, 1.54) is 172 Å². The van der Waals surface area contributed by atoms with Crippen molar-refractivity contribution in [3.05, 3.63) is 532 Å². The minimum atomic E-state index is -0.642. The molecule has 0 unspecified atom stereocenters. The van der Waals surface area contributed by atoms with E-state index in [4.69, 9.17) is 9.97 Å². The van der Waals surface area contributed by atoms with Crippen LogP contribution in [0.1, 0.15) is 89.0 Å². The second-order valence-corrected chi connectivity index (χ2v) is 35.0. The molecule has 4 spiro atoms. The molecule has 6 aliphatic carbocycles. The molecule has 6 aliphatic rings. The molecule has 0 radical (unpaired) electrons. The Labute approximate surface area is 723 Å². The maximum Gasteiger partial charge on any atom is 0.146 e. The number of hydrogen-bond acceptors (Lipinski definition) is 2. The monoisotopic (exact) mass is 1580 g/mol. The average molecular weight is 1580 g/mol. The second kappa shape index (κ2) is 25.3. The van der Waals surface area contributed by atoms with E-state index >= 15 is 0 Å². The van der Waals surface area contributed by atoms with E-state index in [-0.39, 0.29) is 0 Å². The minimum Gasteiger partial charge on any atom is -0.292 e. The van der Waals surface area contributed by atoms with Gasteiger partial charge in [0.1, 0.15) is 5.65 Å². The van der Waals surface area contributed by atoms with Crippen molar-refractivity contribution in [2.45, 2.75) is 21.7 Å². The molecule has 3 aromatic heterocycles. The Morgan fingerprint density at radius 2 is 0.488 bits per heavy atom. The van der Waals surface area contributed by atoms with Gasteiger partial charge in [-0.2, -0.15) is 0 Å². The van der Waals surface area contributed by atoms with Crippen LogP contribution >= 0.6 is 0 Å². The molecule has 0 N–H and O–H groups in total. The molecule has 576 valence electrons. The molecule has 3 heteroatoms. The number of imidazole rings is 1. The van der Waals surface area contributed by atoms with Crippen LogP contribution in [0.2, 0.25) is 0 Å². The van der Waals surface area contributed by atoms with Gasteiger partial charge in [-0.1, -0.05) is 382 Å². The standard InChI is InChI=1S/C122H73N3/c1-2-26-76(27-3-1)113-67-64-92-84(35-25-50-114(92)123-113)75-54-52-74(53-55-75)82-57-62-91-88-32-6-11-38-99(88)122(112(91)72-82)110-47-20-18-45-108(110)121(109-46-19-21-48-111(109)122)101-40-13-8-34-90(101)95-70-81(60-66-103(95)121)83-58-63-93-85-61-56-79(71-96(85)118-124-115-49-22-23-51-116(115)125(118)117(93)73-83)77-28-24-29-78(68-77)80-59-65-102-94(69-80)89-33-7-12-39-100(89)120(102)106-43-16-14-41-104(106)119(105-42-15-17-44-107(105)120)97-36-9-4-30-86(97)87-31-5-10-37-98(87)119/h1-73H. The van der Waals surface area contributed by atoms with Crippen LogP contribution in [-0.2, 0) is 21.7 Å². The lowest BCUT2D eigenvalue weighted by atomic mass is 9.52. The third-order valence-electron chi connectivity index (χ3n) is 29.6. The summed E-state index contributed by atoms with van der Waals surface area (Å²) in [6.45, 7) is 0. The molecule has 0 saturated heterocycles. The lowest BCUT2D eigenvalue weighted by Gasteiger charge is -2.49. The van der Waals surface area contributed by atoms with Gasteiger partial charge >= 0.3 is 0 Å². The van der Waals surface area contributed by atoms with Crippen molar-refractivity contribution in [1.82, 2.24) is 14.4 Å². The number of aromatic nitrogens is 3. The molecule has 19 aromatic carbocycles. The molecule has 28 rings (SSSR count). The van der Waals surface area contributed by atoms with Crippen LogP contribution in [0.15, 0.2) is 443 Å². The van der Waals surface area contributed by atoms with E-state index in [2.05, 4.69) is 447 Å². The molecule has 0 saturated carbocycles. The van der Waals surface area contributed by atoms with E-state index in [1.54, 1.807) is 0 Å². The fourth-order valence-corrected chi connectivity index (χ4v) is 24.7. The highest BCUT2D eigenvalue weighted by Crippen LogP contribution is 2.71. The molecule has 0 amide bonds. The first-order chi connectivity index (χ1) is 62.0. The molecule has 3 heterocycles. The summed E-state index contributed by atoms with van der Waals surface area (Å²) in [4.78, 5) is 10.7. The quantitative estimate of drug-likeness (QED) is 0.155. The number of rotatable bonds is 6. The Hall–Kier alpha value is -15.9.